The van der Waals surface area contributed by atoms with Crippen molar-refractivity contribution in [1.82, 2.24) is 0 Å². The maximum Gasteiger partial charge on any atom is 0.156 e. The van der Waals surface area contributed by atoms with Crippen LogP contribution in [0.1, 0.15) is 25.7 Å². The lowest BCUT2D eigenvalue weighted by atomic mass is 10.2. The summed E-state index contributed by atoms with van der Waals surface area (Å²) >= 11 is 1.60. The van der Waals surface area contributed by atoms with Gasteiger partial charge in [-0.15, -0.1) is 0 Å². The van der Waals surface area contributed by atoms with Gasteiger partial charge < -0.3 is 0 Å². The van der Waals surface area contributed by atoms with E-state index in [-0.39, 0.29) is 0 Å². The monoisotopic (exact) mass is 218 g/mol. The van der Waals surface area contributed by atoms with Crippen molar-refractivity contribution in [2.24, 2.45) is 0 Å². The molecule has 2 rings (SSSR count). The highest BCUT2D eigenvalue weighted by Crippen LogP contribution is 2.34. The fourth-order valence-corrected chi connectivity index (χ4v) is 2.79. The molecule has 0 bridgehead atoms. The van der Waals surface area contributed by atoms with E-state index in [0.29, 0.717) is 0 Å². The van der Waals surface area contributed by atoms with Crippen LogP contribution < -0.4 is 0 Å². The minimum absolute atomic E-state index is 0.929. The molecule has 1 aliphatic rings. The molecule has 1 fully saturated rings. The van der Waals surface area contributed by atoms with Crippen molar-refractivity contribution in [1.29, 1.82) is 0 Å². The molecule has 0 N–H and O–H groups in total. The van der Waals surface area contributed by atoms with E-state index in [1.807, 2.05) is 30.3 Å². The number of carbonyl (C=O) groups is 1. The van der Waals surface area contributed by atoms with E-state index >= 15 is 0 Å². The zero-order valence-corrected chi connectivity index (χ0v) is 9.43. The lowest BCUT2D eigenvalue weighted by Crippen LogP contribution is -1.85. The number of hydrogen-bond acceptors (Lipinski definition) is 2. The van der Waals surface area contributed by atoms with E-state index in [0.717, 1.165) is 28.9 Å². The first kappa shape index (κ1) is 10.5. The Morgan fingerprint density at radius 3 is 2.40 bits per heavy atom. The minimum atomic E-state index is 0.929. The summed E-state index contributed by atoms with van der Waals surface area (Å²) in [6.07, 6.45) is 5.70. The minimum Gasteiger partial charge on any atom is -0.297 e. The summed E-state index contributed by atoms with van der Waals surface area (Å²) in [5, 5.41) is 0. The number of aldehydes is 1. The second kappa shape index (κ2) is 5.17. The Bertz CT molecular complexity index is 359. The van der Waals surface area contributed by atoms with Gasteiger partial charge in [0.15, 0.2) is 6.29 Å². The molecule has 2 heteroatoms. The van der Waals surface area contributed by atoms with E-state index in [1.54, 1.807) is 11.8 Å². The molecule has 0 unspecified atom stereocenters. The zero-order chi connectivity index (χ0) is 10.5. The molecular formula is C13H14OS. The normalized spacial score (nSPS) is 15.3. The van der Waals surface area contributed by atoms with Crippen molar-refractivity contribution in [3.05, 3.63) is 40.8 Å². The molecule has 78 valence electrons. The van der Waals surface area contributed by atoms with Crippen LogP contribution in [0.5, 0.6) is 0 Å². The van der Waals surface area contributed by atoms with Crippen molar-refractivity contribution in [2.45, 2.75) is 30.6 Å². The highest BCUT2D eigenvalue weighted by molar-refractivity contribution is 8.04. The first-order valence-corrected chi connectivity index (χ1v) is 6.12. The number of carbonyl (C=O) groups excluding carboxylic acids is 1. The summed E-state index contributed by atoms with van der Waals surface area (Å²) in [6, 6.07) is 10.1. The summed E-state index contributed by atoms with van der Waals surface area (Å²) < 4.78 is 0. The molecule has 15 heavy (non-hydrogen) atoms. The van der Waals surface area contributed by atoms with Crippen molar-refractivity contribution < 1.29 is 4.79 Å². The van der Waals surface area contributed by atoms with Gasteiger partial charge in [0.25, 0.3) is 0 Å². The van der Waals surface area contributed by atoms with Crippen LogP contribution in [0.4, 0.5) is 0 Å². The average Bonchev–Trinajstić information content (AvgIpc) is 2.81. The quantitative estimate of drug-likeness (QED) is 0.436. The maximum absolute atomic E-state index is 11.0. The second-order valence-electron chi connectivity index (χ2n) is 3.71. The number of allylic oxidation sites excluding steroid dienone is 2. The molecule has 0 heterocycles. The molecule has 0 saturated heterocycles. The standard InChI is InChI=1S/C13H14OS/c14-10-13(11-6-4-5-7-11)15-12-8-2-1-3-9-12/h1-3,8-10H,4-7H2. The third-order valence-corrected chi connectivity index (χ3v) is 3.75. The summed E-state index contributed by atoms with van der Waals surface area (Å²) in [5.74, 6) is 0. The Morgan fingerprint density at radius 1 is 1.13 bits per heavy atom. The molecule has 1 saturated carbocycles. The zero-order valence-electron chi connectivity index (χ0n) is 8.61. The van der Waals surface area contributed by atoms with Gasteiger partial charge in [0, 0.05) is 4.90 Å². The van der Waals surface area contributed by atoms with Gasteiger partial charge in [0.05, 0.1) is 4.91 Å². The molecule has 1 aliphatic carbocycles. The number of thioether (sulfide) groups is 1. The van der Waals surface area contributed by atoms with E-state index in [1.165, 1.54) is 18.4 Å². The molecular weight excluding hydrogens is 204 g/mol. The largest absolute Gasteiger partial charge is 0.297 e. The molecule has 1 nitrogen and oxygen atoms in total. The summed E-state index contributed by atoms with van der Waals surface area (Å²) in [6.45, 7) is 0. The molecule has 0 atom stereocenters. The van der Waals surface area contributed by atoms with Crippen LogP contribution in [0, 0.1) is 0 Å². The second-order valence-corrected chi connectivity index (χ2v) is 4.82. The Kier molecular flexibility index (Phi) is 3.62. The first-order valence-electron chi connectivity index (χ1n) is 5.30. The Balaban J connectivity index is 2.15. The van der Waals surface area contributed by atoms with Gasteiger partial charge in [-0.25, -0.2) is 0 Å². The summed E-state index contributed by atoms with van der Waals surface area (Å²) in [4.78, 5) is 13.1. The van der Waals surface area contributed by atoms with Crippen LogP contribution in [-0.4, -0.2) is 6.29 Å². The molecule has 0 aliphatic heterocycles. The lowest BCUT2D eigenvalue weighted by Gasteiger charge is -2.04. The number of rotatable bonds is 3. The maximum atomic E-state index is 11.0. The summed E-state index contributed by atoms with van der Waals surface area (Å²) in [7, 11) is 0. The number of hydrogen-bond donors (Lipinski definition) is 0. The van der Waals surface area contributed by atoms with Gasteiger partial charge in [-0.1, -0.05) is 35.5 Å². The molecule has 0 spiro atoms. The van der Waals surface area contributed by atoms with Crippen molar-refractivity contribution in [3.63, 3.8) is 0 Å². The van der Waals surface area contributed by atoms with Gasteiger partial charge in [-0.05, 0) is 37.8 Å². The predicted octanol–water partition coefficient (Wildman–Crippen LogP) is 3.81. The van der Waals surface area contributed by atoms with E-state index in [4.69, 9.17) is 0 Å². The Hall–Kier alpha value is -1.02. The van der Waals surface area contributed by atoms with E-state index < -0.39 is 0 Å². The predicted molar refractivity (Wildman–Crippen MR) is 63.9 cm³/mol. The van der Waals surface area contributed by atoms with Crippen LogP contribution >= 0.6 is 11.8 Å². The Morgan fingerprint density at radius 2 is 1.80 bits per heavy atom. The highest BCUT2D eigenvalue weighted by atomic mass is 32.2. The molecule has 0 amide bonds. The summed E-state index contributed by atoms with van der Waals surface area (Å²) in [5.41, 5.74) is 1.35. The molecule has 1 aromatic rings. The van der Waals surface area contributed by atoms with Crippen LogP contribution in [0.3, 0.4) is 0 Å². The van der Waals surface area contributed by atoms with Crippen LogP contribution in [-0.2, 0) is 4.79 Å². The van der Waals surface area contributed by atoms with Crippen LogP contribution in [0.2, 0.25) is 0 Å². The van der Waals surface area contributed by atoms with Crippen molar-refractivity contribution >= 4 is 18.0 Å². The van der Waals surface area contributed by atoms with Gasteiger partial charge in [0.2, 0.25) is 0 Å². The van der Waals surface area contributed by atoms with Gasteiger partial charge in [0.1, 0.15) is 0 Å². The molecule has 1 aromatic carbocycles. The van der Waals surface area contributed by atoms with Crippen molar-refractivity contribution in [2.75, 3.05) is 0 Å². The third-order valence-electron chi connectivity index (χ3n) is 2.63. The van der Waals surface area contributed by atoms with Gasteiger partial charge in [-0.3, -0.25) is 4.79 Å². The first-order chi connectivity index (χ1) is 7.40. The fraction of sp³-hybridized carbons (Fsp3) is 0.308. The lowest BCUT2D eigenvalue weighted by molar-refractivity contribution is -0.104. The molecule has 0 aromatic heterocycles. The molecule has 0 radical (unpaired) electrons. The fourth-order valence-electron chi connectivity index (χ4n) is 1.84. The van der Waals surface area contributed by atoms with E-state index in [2.05, 4.69) is 0 Å². The third kappa shape index (κ3) is 2.72. The van der Waals surface area contributed by atoms with E-state index in [9.17, 15) is 4.79 Å². The van der Waals surface area contributed by atoms with Crippen LogP contribution in [0.25, 0.3) is 0 Å². The van der Waals surface area contributed by atoms with Gasteiger partial charge >= 0.3 is 0 Å². The topological polar surface area (TPSA) is 17.1 Å². The average molecular weight is 218 g/mol. The number of benzene rings is 1. The van der Waals surface area contributed by atoms with Crippen molar-refractivity contribution in [3.8, 4) is 0 Å². The SMILES string of the molecule is O=CC(Sc1ccccc1)=C1CCCC1. The Labute approximate surface area is 94.6 Å². The van der Waals surface area contributed by atoms with Gasteiger partial charge in [-0.2, -0.15) is 0 Å². The highest BCUT2D eigenvalue weighted by Gasteiger charge is 2.12. The van der Waals surface area contributed by atoms with Crippen LogP contribution in [0.15, 0.2) is 45.7 Å². The smallest absolute Gasteiger partial charge is 0.156 e.